The van der Waals surface area contributed by atoms with E-state index in [-0.39, 0.29) is 16.1 Å². The highest BCUT2D eigenvalue weighted by atomic mass is 32.2. The third-order valence-electron chi connectivity index (χ3n) is 3.60. The molecule has 3 rings (SSSR count). The Morgan fingerprint density at radius 2 is 1.81 bits per heavy atom. The quantitative estimate of drug-likeness (QED) is 0.615. The fraction of sp³-hybridized carbons (Fsp3) is 0.125. The van der Waals surface area contributed by atoms with Gasteiger partial charge in [0.1, 0.15) is 6.54 Å². The molecule has 142 valence electrons. The number of benzene rings is 2. The number of alkyl halides is 3. The van der Waals surface area contributed by atoms with Crippen LogP contribution in [0.25, 0.3) is 10.9 Å². The van der Waals surface area contributed by atoms with Crippen LogP contribution < -0.4 is 10.0 Å². The molecule has 0 atom stereocenters. The Bertz CT molecular complexity index is 1080. The highest BCUT2D eigenvalue weighted by Crippen LogP contribution is 2.24. The van der Waals surface area contributed by atoms with Gasteiger partial charge in [-0.15, -0.1) is 0 Å². The number of nitrogens with zero attached hydrogens (tertiary/aromatic N) is 1. The van der Waals surface area contributed by atoms with Gasteiger partial charge in [-0.25, -0.2) is 8.42 Å². The second-order valence-electron chi connectivity index (χ2n) is 5.57. The summed E-state index contributed by atoms with van der Waals surface area (Å²) in [6.45, 7) is -1.47. The Morgan fingerprint density at radius 3 is 2.48 bits per heavy atom. The van der Waals surface area contributed by atoms with E-state index in [1.54, 1.807) is 29.7 Å². The van der Waals surface area contributed by atoms with Gasteiger partial charge in [0.2, 0.25) is 0 Å². The summed E-state index contributed by atoms with van der Waals surface area (Å²) in [5.41, 5.74) is 0.704. The predicted molar refractivity (Wildman–Crippen MR) is 91.7 cm³/mol. The number of para-hydroxylation sites is 1. The van der Waals surface area contributed by atoms with Gasteiger partial charge >= 0.3 is 6.18 Å². The standard InChI is InChI=1S/C16H13F3N4O3S/c17-16(18,19)9-20-15(24)10-4-6-12(7-5-10)27(25,26)23-13-3-1-2-11-8-21-22-14(11)13/h1-8,23H,9H2,(H,20,24)(H,21,22). The average molecular weight is 398 g/mol. The zero-order valence-corrected chi connectivity index (χ0v) is 14.4. The number of hydrogen-bond acceptors (Lipinski definition) is 4. The Hall–Kier alpha value is -3.08. The molecule has 0 bridgehead atoms. The molecule has 0 unspecified atom stereocenters. The maximum absolute atomic E-state index is 12.5. The molecule has 0 aliphatic carbocycles. The highest BCUT2D eigenvalue weighted by Gasteiger charge is 2.28. The van der Waals surface area contributed by atoms with Gasteiger partial charge in [-0.05, 0) is 30.3 Å². The summed E-state index contributed by atoms with van der Waals surface area (Å²) in [6, 6.07) is 9.51. The summed E-state index contributed by atoms with van der Waals surface area (Å²) in [7, 11) is -3.97. The van der Waals surface area contributed by atoms with E-state index >= 15 is 0 Å². The van der Waals surface area contributed by atoms with Crippen molar-refractivity contribution in [1.82, 2.24) is 15.5 Å². The van der Waals surface area contributed by atoms with Crippen LogP contribution >= 0.6 is 0 Å². The molecule has 0 fully saturated rings. The fourth-order valence-electron chi connectivity index (χ4n) is 2.33. The van der Waals surface area contributed by atoms with Crippen molar-refractivity contribution in [1.29, 1.82) is 0 Å². The lowest BCUT2D eigenvalue weighted by atomic mass is 10.2. The van der Waals surface area contributed by atoms with Crippen LogP contribution in [0.2, 0.25) is 0 Å². The van der Waals surface area contributed by atoms with Gasteiger partial charge in [-0.1, -0.05) is 12.1 Å². The van der Waals surface area contributed by atoms with Gasteiger partial charge in [-0.2, -0.15) is 18.3 Å². The first-order valence-electron chi connectivity index (χ1n) is 7.56. The van der Waals surface area contributed by atoms with E-state index < -0.39 is 28.7 Å². The fourth-order valence-corrected chi connectivity index (χ4v) is 3.40. The molecule has 0 saturated carbocycles. The number of carbonyl (C=O) groups is 1. The monoisotopic (exact) mass is 398 g/mol. The molecule has 1 heterocycles. The van der Waals surface area contributed by atoms with E-state index in [1.165, 1.54) is 0 Å². The predicted octanol–water partition coefficient (Wildman–Crippen LogP) is 2.66. The summed E-state index contributed by atoms with van der Waals surface area (Å²) in [5, 5.41) is 8.97. The maximum Gasteiger partial charge on any atom is 0.405 e. The number of fused-ring (bicyclic) bond motifs is 1. The molecular formula is C16H13F3N4O3S. The Morgan fingerprint density at radius 1 is 1.11 bits per heavy atom. The molecule has 1 aromatic heterocycles. The number of H-pyrrole nitrogens is 1. The minimum absolute atomic E-state index is 0.0890. The molecule has 3 N–H and O–H groups in total. The summed E-state index contributed by atoms with van der Waals surface area (Å²) in [4.78, 5) is 11.5. The number of halogens is 3. The van der Waals surface area contributed by atoms with E-state index in [9.17, 15) is 26.4 Å². The molecule has 7 nitrogen and oxygen atoms in total. The first-order valence-corrected chi connectivity index (χ1v) is 9.04. The topological polar surface area (TPSA) is 104 Å². The van der Waals surface area contributed by atoms with Crippen LogP contribution in [-0.4, -0.2) is 37.2 Å². The van der Waals surface area contributed by atoms with Crippen molar-refractivity contribution in [2.75, 3.05) is 11.3 Å². The van der Waals surface area contributed by atoms with Crippen LogP contribution in [0.1, 0.15) is 10.4 Å². The molecule has 27 heavy (non-hydrogen) atoms. The summed E-state index contributed by atoms with van der Waals surface area (Å²) in [6.07, 6.45) is -2.99. The molecule has 0 aliphatic heterocycles. The molecular weight excluding hydrogens is 385 g/mol. The van der Waals surface area contributed by atoms with Crippen molar-refractivity contribution in [3.8, 4) is 0 Å². The minimum atomic E-state index is -4.53. The number of hydrogen-bond donors (Lipinski definition) is 3. The van der Waals surface area contributed by atoms with Crippen molar-refractivity contribution in [2.45, 2.75) is 11.1 Å². The lowest BCUT2D eigenvalue weighted by Crippen LogP contribution is -2.33. The molecule has 11 heteroatoms. The van der Waals surface area contributed by atoms with Crippen molar-refractivity contribution < 1.29 is 26.4 Å². The Labute approximate surface area is 151 Å². The maximum atomic E-state index is 12.5. The van der Waals surface area contributed by atoms with E-state index in [0.717, 1.165) is 24.3 Å². The molecule has 0 saturated heterocycles. The number of carbonyl (C=O) groups excluding carboxylic acids is 1. The van der Waals surface area contributed by atoms with Crippen molar-refractivity contribution in [3.63, 3.8) is 0 Å². The smallest absolute Gasteiger partial charge is 0.343 e. The van der Waals surface area contributed by atoms with Crippen LogP contribution in [0.4, 0.5) is 18.9 Å². The number of nitrogens with one attached hydrogen (secondary N) is 3. The van der Waals surface area contributed by atoms with Crippen molar-refractivity contribution in [3.05, 3.63) is 54.2 Å². The summed E-state index contributed by atoms with van der Waals surface area (Å²) in [5.74, 6) is -0.952. The number of sulfonamides is 1. The first-order chi connectivity index (χ1) is 12.7. The second kappa shape index (κ2) is 6.91. The van der Waals surface area contributed by atoms with Crippen LogP contribution in [0, 0.1) is 0 Å². The number of anilines is 1. The number of aromatic nitrogens is 2. The first kappa shape index (κ1) is 18.7. The van der Waals surface area contributed by atoms with Gasteiger partial charge in [0, 0.05) is 10.9 Å². The van der Waals surface area contributed by atoms with Gasteiger partial charge in [-0.3, -0.25) is 14.6 Å². The molecule has 2 aromatic carbocycles. The van der Waals surface area contributed by atoms with Gasteiger partial charge in [0.25, 0.3) is 15.9 Å². The minimum Gasteiger partial charge on any atom is -0.343 e. The zero-order valence-electron chi connectivity index (χ0n) is 13.5. The third-order valence-corrected chi connectivity index (χ3v) is 4.98. The summed E-state index contributed by atoms with van der Waals surface area (Å²) < 4.78 is 63.8. The lowest BCUT2D eigenvalue weighted by Gasteiger charge is -2.10. The van der Waals surface area contributed by atoms with Crippen LogP contribution in [-0.2, 0) is 10.0 Å². The van der Waals surface area contributed by atoms with Crippen LogP contribution in [0.5, 0.6) is 0 Å². The normalized spacial score (nSPS) is 12.1. The molecule has 3 aromatic rings. The molecule has 0 radical (unpaired) electrons. The van der Waals surface area contributed by atoms with Crippen LogP contribution in [0.15, 0.2) is 53.6 Å². The highest BCUT2D eigenvalue weighted by molar-refractivity contribution is 7.92. The molecule has 0 spiro atoms. The van der Waals surface area contributed by atoms with Crippen molar-refractivity contribution >= 4 is 32.5 Å². The largest absolute Gasteiger partial charge is 0.405 e. The number of aromatic amines is 1. The van der Waals surface area contributed by atoms with Gasteiger partial charge < -0.3 is 5.32 Å². The van der Waals surface area contributed by atoms with E-state index in [0.29, 0.717) is 10.9 Å². The van der Waals surface area contributed by atoms with E-state index in [1.807, 2.05) is 0 Å². The Balaban J connectivity index is 1.77. The van der Waals surface area contributed by atoms with Crippen LogP contribution in [0.3, 0.4) is 0 Å². The second-order valence-corrected chi connectivity index (χ2v) is 7.25. The van der Waals surface area contributed by atoms with Gasteiger partial charge in [0.05, 0.1) is 22.3 Å². The van der Waals surface area contributed by atoms with Gasteiger partial charge in [0.15, 0.2) is 0 Å². The lowest BCUT2D eigenvalue weighted by molar-refractivity contribution is -0.123. The van der Waals surface area contributed by atoms with Crippen molar-refractivity contribution in [2.24, 2.45) is 0 Å². The number of amides is 1. The summed E-state index contributed by atoms with van der Waals surface area (Å²) >= 11 is 0. The SMILES string of the molecule is O=C(NCC(F)(F)F)c1ccc(S(=O)(=O)Nc2cccc3cn[nH]c23)cc1. The third kappa shape index (κ3) is 4.37. The number of rotatable bonds is 5. The molecule has 1 amide bonds. The van der Waals surface area contributed by atoms with E-state index in [4.69, 9.17) is 0 Å². The Kier molecular flexibility index (Phi) is 4.79. The zero-order chi connectivity index (χ0) is 19.7. The molecule has 0 aliphatic rings. The average Bonchev–Trinajstić information content (AvgIpc) is 3.09. The van der Waals surface area contributed by atoms with E-state index in [2.05, 4.69) is 14.9 Å².